The molecule has 1 unspecified atom stereocenters. The number of anilines is 1. The molecule has 0 aliphatic carbocycles. The number of hydrogen-bond acceptors (Lipinski definition) is 4. The lowest BCUT2D eigenvalue weighted by atomic mass is 9.96. The second-order valence-electron chi connectivity index (χ2n) is 4.68. The van der Waals surface area contributed by atoms with E-state index in [2.05, 4.69) is 5.32 Å². The number of benzene rings is 1. The van der Waals surface area contributed by atoms with Gasteiger partial charge in [0.15, 0.2) is 0 Å². The van der Waals surface area contributed by atoms with E-state index in [4.69, 9.17) is 10.9 Å². The van der Waals surface area contributed by atoms with Crippen molar-refractivity contribution >= 4 is 15.7 Å². The number of rotatable bonds is 4. The van der Waals surface area contributed by atoms with Gasteiger partial charge in [-0.3, -0.25) is 0 Å². The van der Waals surface area contributed by atoms with Crippen LogP contribution in [0.3, 0.4) is 0 Å². The summed E-state index contributed by atoms with van der Waals surface area (Å²) in [6.45, 7) is 5.65. The Kier molecular flexibility index (Phi) is 3.81. The van der Waals surface area contributed by atoms with Crippen molar-refractivity contribution < 1.29 is 8.42 Å². The molecule has 1 rings (SSSR count). The van der Waals surface area contributed by atoms with Crippen LogP contribution in [0, 0.1) is 0 Å². The summed E-state index contributed by atoms with van der Waals surface area (Å²) in [7, 11) is -3.73. The molecule has 0 saturated carbocycles. The van der Waals surface area contributed by atoms with Crippen molar-refractivity contribution in [2.45, 2.75) is 37.2 Å². The van der Waals surface area contributed by atoms with E-state index in [0.717, 1.165) is 0 Å². The largest absolute Gasteiger partial charge is 0.378 e. The highest BCUT2D eigenvalue weighted by Gasteiger charge is 2.25. The molecule has 0 bridgehead atoms. The lowest BCUT2D eigenvalue weighted by Gasteiger charge is -2.32. The van der Waals surface area contributed by atoms with Crippen molar-refractivity contribution in [1.29, 1.82) is 0 Å². The number of nitrogens with two attached hydrogens (primary N) is 2. The van der Waals surface area contributed by atoms with E-state index in [1.807, 2.05) is 20.8 Å². The Balaban J connectivity index is 3.17. The van der Waals surface area contributed by atoms with Crippen LogP contribution in [0.4, 0.5) is 5.69 Å². The molecule has 5 N–H and O–H groups in total. The fourth-order valence-electron chi connectivity index (χ4n) is 1.28. The number of hydrogen-bond donors (Lipinski definition) is 3. The fourth-order valence-corrected chi connectivity index (χ4v) is 1.97. The van der Waals surface area contributed by atoms with Gasteiger partial charge in [0.05, 0.1) is 5.69 Å². The van der Waals surface area contributed by atoms with E-state index in [1.165, 1.54) is 6.07 Å². The van der Waals surface area contributed by atoms with Gasteiger partial charge in [0.25, 0.3) is 0 Å². The Bertz CT molecular complexity index is 495. The van der Waals surface area contributed by atoms with E-state index in [0.29, 0.717) is 5.69 Å². The van der Waals surface area contributed by atoms with Gasteiger partial charge in [-0.2, -0.15) is 0 Å². The third-order valence-corrected chi connectivity index (χ3v) is 3.76. The molecular formula is C11H19N3O2S. The van der Waals surface area contributed by atoms with Gasteiger partial charge in [0, 0.05) is 11.6 Å². The van der Waals surface area contributed by atoms with Gasteiger partial charge in [0.2, 0.25) is 10.0 Å². The standard InChI is InChI=1S/C11H19N3O2S/c1-8(12)11(2,3)14-9-6-4-5-7-10(9)17(13,15)16/h4-8,14H,12H2,1-3H3,(H2,13,15,16). The topological polar surface area (TPSA) is 98.2 Å². The molecule has 0 aromatic heterocycles. The van der Waals surface area contributed by atoms with Crippen LogP contribution in [0.25, 0.3) is 0 Å². The maximum Gasteiger partial charge on any atom is 0.240 e. The molecule has 0 spiro atoms. The van der Waals surface area contributed by atoms with Crippen molar-refractivity contribution in [2.24, 2.45) is 10.9 Å². The Hall–Kier alpha value is -1.11. The van der Waals surface area contributed by atoms with E-state index >= 15 is 0 Å². The average molecular weight is 257 g/mol. The molecule has 17 heavy (non-hydrogen) atoms. The maximum absolute atomic E-state index is 11.4. The first kappa shape index (κ1) is 14.0. The highest BCUT2D eigenvalue weighted by molar-refractivity contribution is 7.89. The predicted octanol–water partition coefficient (Wildman–Crippen LogP) is 0.872. The molecule has 1 aromatic rings. The summed E-state index contributed by atoms with van der Waals surface area (Å²) in [5, 5.41) is 8.26. The Labute approximate surface area is 102 Å². The Morgan fingerprint density at radius 3 is 2.29 bits per heavy atom. The highest BCUT2D eigenvalue weighted by atomic mass is 32.2. The minimum absolute atomic E-state index is 0.0775. The average Bonchev–Trinajstić information content (AvgIpc) is 2.15. The minimum Gasteiger partial charge on any atom is -0.378 e. The van der Waals surface area contributed by atoms with Crippen LogP contribution >= 0.6 is 0 Å². The normalized spacial score (nSPS) is 14.4. The summed E-state index contributed by atoms with van der Waals surface area (Å²) in [5.74, 6) is 0. The molecule has 0 amide bonds. The summed E-state index contributed by atoms with van der Waals surface area (Å²) in [5.41, 5.74) is 5.87. The van der Waals surface area contributed by atoms with Crippen LogP contribution in [0.2, 0.25) is 0 Å². The van der Waals surface area contributed by atoms with Crippen LogP contribution in [0.15, 0.2) is 29.2 Å². The van der Waals surface area contributed by atoms with E-state index in [9.17, 15) is 8.42 Å². The molecule has 0 saturated heterocycles. The van der Waals surface area contributed by atoms with Crippen molar-refractivity contribution in [2.75, 3.05) is 5.32 Å². The first-order valence-corrected chi connectivity index (χ1v) is 6.85. The number of primary sulfonamides is 1. The van der Waals surface area contributed by atoms with Crippen molar-refractivity contribution in [3.63, 3.8) is 0 Å². The predicted molar refractivity (Wildman–Crippen MR) is 69.2 cm³/mol. The van der Waals surface area contributed by atoms with Gasteiger partial charge >= 0.3 is 0 Å². The summed E-state index contributed by atoms with van der Waals surface area (Å²) in [4.78, 5) is 0.0775. The molecule has 96 valence electrons. The van der Waals surface area contributed by atoms with Crippen LogP contribution in [0.1, 0.15) is 20.8 Å². The van der Waals surface area contributed by atoms with Gasteiger partial charge < -0.3 is 11.1 Å². The number of sulfonamides is 1. The molecule has 0 aliphatic rings. The molecule has 1 atom stereocenters. The van der Waals surface area contributed by atoms with Crippen molar-refractivity contribution in [3.05, 3.63) is 24.3 Å². The third kappa shape index (κ3) is 3.42. The molecular weight excluding hydrogens is 238 g/mol. The lowest BCUT2D eigenvalue weighted by Crippen LogP contribution is -2.47. The van der Waals surface area contributed by atoms with Crippen LogP contribution in [-0.4, -0.2) is 20.0 Å². The molecule has 0 heterocycles. The smallest absolute Gasteiger partial charge is 0.240 e. The molecule has 0 radical (unpaired) electrons. The zero-order valence-corrected chi connectivity index (χ0v) is 11.1. The summed E-state index contributed by atoms with van der Waals surface area (Å²) < 4.78 is 22.8. The third-order valence-electron chi connectivity index (χ3n) is 2.79. The van der Waals surface area contributed by atoms with E-state index in [-0.39, 0.29) is 10.9 Å². The van der Waals surface area contributed by atoms with Crippen LogP contribution < -0.4 is 16.2 Å². The first-order chi connectivity index (χ1) is 7.64. The zero-order valence-electron chi connectivity index (χ0n) is 10.3. The fraction of sp³-hybridized carbons (Fsp3) is 0.455. The summed E-state index contributed by atoms with van der Waals surface area (Å²) in [6, 6.07) is 6.37. The number of nitrogens with one attached hydrogen (secondary N) is 1. The van der Waals surface area contributed by atoms with E-state index in [1.54, 1.807) is 18.2 Å². The second kappa shape index (κ2) is 4.64. The zero-order chi connectivity index (χ0) is 13.3. The van der Waals surface area contributed by atoms with Gasteiger partial charge in [0.1, 0.15) is 4.90 Å². The lowest BCUT2D eigenvalue weighted by molar-refractivity contribution is 0.469. The highest BCUT2D eigenvalue weighted by Crippen LogP contribution is 2.24. The Morgan fingerprint density at radius 1 is 1.29 bits per heavy atom. The molecule has 5 nitrogen and oxygen atoms in total. The van der Waals surface area contributed by atoms with Gasteiger partial charge in [-0.15, -0.1) is 0 Å². The summed E-state index contributed by atoms with van der Waals surface area (Å²) >= 11 is 0. The summed E-state index contributed by atoms with van der Waals surface area (Å²) in [6.07, 6.45) is 0. The van der Waals surface area contributed by atoms with Crippen LogP contribution in [-0.2, 0) is 10.0 Å². The molecule has 0 fully saturated rings. The van der Waals surface area contributed by atoms with Gasteiger partial charge in [-0.05, 0) is 32.9 Å². The molecule has 1 aromatic carbocycles. The molecule has 6 heteroatoms. The van der Waals surface area contributed by atoms with Crippen molar-refractivity contribution in [3.8, 4) is 0 Å². The maximum atomic E-state index is 11.4. The number of para-hydroxylation sites is 1. The van der Waals surface area contributed by atoms with Gasteiger partial charge in [-0.25, -0.2) is 13.6 Å². The SMILES string of the molecule is CC(N)C(C)(C)Nc1ccccc1S(N)(=O)=O. The second-order valence-corrected chi connectivity index (χ2v) is 6.21. The van der Waals surface area contributed by atoms with Crippen LogP contribution in [0.5, 0.6) is 0 Å². The van der Waals surface area contributed by atoms with E-state index < -0.39 is 15.6 Å². The van der Waals surface area contributed by atoms with Gasteiger partial charge in [-0.1, -0.05) is 12.1 Å². The Morgan fingerprint density at radius 2 is 1.82 bits per heavy atom. The first-order valence-electron chi connectivity index (χ1n) is 5.30. The molecule has 0 aliphatic heterocycles. The van der Waals surface area contributed by atoms with Crippen molar-refractivity contribution in [1.82, 2.24) is 0 Å². The minimum atomic E-state index is -3.73. The quantitative estimate of drug-likeness (QED) is 0.745. The monoisotopic (exact) mass is 257 g/mol.